The van der Waals surface area contributed by atoms with E-state index >= 15 is 0 Å². The van der Waals surface area contributed by atoms with E-state index in [1.165, 1.54) is 0 Å². The smallest absolute Gasteiger partial charge is 0.223 e. The lowest BCUT2D eigenvalue weighted by Crippen LogP contribution is -2.44. The maximum absolute atomic E-state index is 12.2. The van der Waals surface area contributed by atoms with E-state index in [1.54, 1.807) is 0 Å². The van der Waals surface area contributed by atoms with Crippen molar-refractivity contribution in [2.45, 2.75) is 51.7 Å². The van der Waals surface area contributed by atoms with Crippen LogP contribution in [0, 0.1) is 18.3 Å². The topological polar surface area (TPSA) is 41.6 Å². The molecule has 0 aliphatic carbocycles. The Hall–Kier alpha value is -0.833. The van der Waals surface area contributed by atoms with Gasteiger partial charge in [-0.25, -0.2) is 0 Å². The van der Waals surface area contributed by atoms with Crippen LogP contribution in [-0.4, -0.2) is 51.9 Å². The van der Waals surface area contributed by atoms with E-state index in [4.69, 9.17) is 10.8 Å². The van der Waals surface area contributed by atoms with Gasteiger partial charge in [0.05, 0.1) is 13.2 Å². The van der Waals surface area contributed by atoms with Gasteiger partial charge in [0, 0.05) is 12.5 Å². The first-order valence-electron chi connectivity index (χ1n) is 8.25. The van der Waals surface area contributed by atoms with Crippen LogP contribution in [0.15, 0.2) is 0 Å². The molecular weight excluding hydrogens is 292 g/mol. The van der Waals surface area contributed by atoms with E-state index in [0.717, 1.165) is 25.9 Å². The fourth-order valence-electron chi connectivity index (χ4n) is 2.32. The highest BCUT2D eigenvalue weighted by atomic mass is 28.4. The van der Waals surface area contributed by atoms with Crippen molar-refractivity contribution < 1.29 is 9.22 Å². The third-order valence-electron chi connectivity index (χ3n) is 4.94. The zero-order chi connectivity index (χ0) is 16.8. The third kappa shape index (κ3) is 5.75. The SMILES string of the molecule is C#CCN1CCC(C(=O)NCCO[Si](C)(C)C(C)(C)C)CC1. The van der Waals surface area contributed by atoms with Crippen LogP contribution < -0.4 is 5.32 Å². The largest absolute Gasteiger partial charge is 0.415 e. The molecule has 0 saturated carbocycles. The molecular formula is C17H32N2O2Si. The minimum absolute atomic E-state index is 0.127. The monoisotopic (exact) mass is 324 g/mol. The number of carbonyl (C=O) groups is 1. The number of piperidine rings is 1. The lowest BCUT2D eigenvalue weighted by atomic mass is 9.96. The van der Waals surface area contributed by atoms with Gasteiger partial charge in [-0.15, -0.1) is 6.42 Å². The van der Waals surface area contributed by atoms with E-state index < -0.39 is 8.32 Å². The Labute approximate surface area is 137 Å². The number of nitrogens with zero attached hydrogens (tertiary/aromatic N) is 1. The average molecular weight is 325 g/mol. The van der Waals surface area contributed by atoms with Crippen molar-refractivity contribution >= 4 is 14.2 Å². The molecule has 0 aromatic carbocycles. The third-order valence-corrected chi connectivity index (χ3v) is 9.48. The first kappa shape index (κ1) is 19.2. The quantitative estimate of drug-likeness (QED) is 0.464. The summed E-state index contributed by atoms with van der Waals surface area (Å²) in [5.41, 5.74) is 0. The number of likely N-dealkylation sites (tertiary alicyclic amines) is 1. The Morgan fingerprint density at radius 1 is 1.36 bits per heavy atom. The normalized spacial score (nSPS) is 18.0. The fraction of sp³-hybridized carbons (Fsp3) is 0.824. The summed E-state index contributed by atoms with van der Waals surface area (Å²) < 4.78 is 6.07. The molecule has 1 aliphatic rings. The van der Waals surface area contributed by atoms with E-state index in [-0.39, 0.29) is 16.9 Å². The maximum atomic E-state index is 12.2. The lowest BCUT2D eigenvalue weighted by molar-refractivity contribution is -0.126. The second kappa shape index (κ2) is 8.14. The minimum Gasteiger partial charge on any atom is -0.415 e. The van der Waals surface area contributed by atoms with Crippen molar-refractivity contribution in [3.63, 3.8) is 0 Å². The van der Waals surface area contributed by atoms with Crippen LogP contribution in [0.1, 0.15) is 33.6 Å². The molecule has 0 bridgehead atoms. The predicted octanol–water partition coefficient (Wildman–Crippen LogP) is 2.47. The molecule has 5 heteroatoms. The highest BCUT2D eigenvalue weighted by Crippen LogP contribution is 2.36. The van der Waals surface area contributed by atoms with E-state index in [2.05, 4.69) is 50.0 Å². The molecule has 0 atom stereocenters. The summed E-state index contributed by atoms with van der Waals surface area (Å²) in [6.45, 7) is 14.9. The number of nitrogens with one attached hydrogen (secondary N) is 1. The Morgan fingerprint density at radius 2 is 1.95 bits per heavy atom. The standard InChI is InChI=1S/C17H32N2O2Si/c1-7-11-19-12-8-15(9-13-19)16(20)18-10-14-21-22(5,6)17(2,3)4/h1,15H,8-14H2,2-6H3,(H,18,20). The molecule has 0 aromatic rings. The van der Waals surface area contributed by atoms with Crippen molar-refractivity contribution in [2.75, 3.05) is 32.8 Å². The Kier molecular flexibility index (Phi) is 7.11. The fourth-order valence-corrected chi connectivity index (χ4v) is 3.37. The summed E-state index contributed by atoms with van der Waals surface area (Å²) in [7, 11) is -1.71. The number of amides is 1. The zero-order valence-corrected chi connectivity index (χ0v) is 15.9. The van der Waals surface area contributed by atoms with Gasteiger partial charge >= 0.3 is 0 Å². The first-order chi connectivity index (χ1) is 10.2. The molecule has 126 valence electrons. The molecule has 1 amide bonds. The van der Waals surface area contributed by atoms with Gasteiger partial charge in [-0.3, -0.25) is 9.69 Å². The zero-order valence-electron chi connectivity index (χ0n) is 14.9. The Morgan fingerprint density at radius 3 is 2.45 bits per heavy atom. The first-order valence-corrected chi connectivity index (χ1v) is 11.2. The van der Waals surface area contributed by atoms with Crippen LogP contribution in [0.2, 0.25) is 18.1 Å². The van der Waals surface area contributed by atoms with Crippen molar-refractivity contribution in [3.8, 4) is 12.3 Å². The van der Waals surface area contributed by atoms with Crippen LogP contribution in [0.25, 0.3) is 0 Å². The van der Waals surface area contributed by atoms with Gasteiger partial charge in [0.2, 0.25) is 5.91 Å². The molecule has 1 aliphatic heterocycles. The van der Waals surface area contributed by atoms with Gasteiger partial charge in [-0.2, -0.15) is 0 Å². The van der Waals surface area contributed by atoms with Crippen molar-refractivity contribution in [1.29, 1.82) is 0 Å². The maximum Gasteiger partial charge on any atom is 0.223 e. The number of hydrogen-bond acceptors (Lipinski definition) is 3. The second-order valence-electron chi connectivity index (χ2n) is 7.65. The molecule has 4 nitrogen and oxygen atoms in total. The van der Waals surface area contributed by atoms with Crippen LogP contribution in [-0.2, 0) is 9.22 Å². The van der Waals surface area contributed by atoms with Crippen LogP contribution in [0.5, 0.6) is 0 Å². The van der Waals surface area contributed by atoms with Gasteiger partial charge in [0.15, 0.2) is 8.32 Å². The average Bonchev–Trinajstić information content (AvgIpc) is 2.43. The van der Waals surface area contributed by atoms with E-state index in [0.29, 0.717) is 19.7 Å². The van der Waals surface area contributed by atoms with Crippen molar-refractivity contribution in [2.24, 2.45) is 5.92 Å². The number of hydrogen-bond donors (Lipinski definition) is 1. The molecule has 22 heavy (non-hydrogen) atoms. The molecule has 1 saturated heterocycles. The molecule has 0 aromatic heterocycles. The lowest BCUT2D eigenvalue weighted by Gasteiger charge is -2.36. The van der Waals surface area contributed by atoms with Gasteiger partial charge in [-0.05, 0) is 44.1 Å². The van der Waals surface area contributed by atoms with Crippen LogP contribution >= 0.6 is 0 Å². The van der Waals surface area contributed by atoms with Crippen LogP contribution in [0.4, 0.5) is 0 Å². The molecule has 1 heterocycles. The van der Waals surface area contributed by atoms with Gasteiger partial charge in [0.25, 0.3) is 0 Å². The van der Waals surface area contributed by atoms with E-state index in [1.807, 2.05) is 0 Å². The molecule has 0 unspecified atom stereocenters. The van der Waals surface area contributed by atoms with Gasteiger partial charge in [-0.1, -0.05) is 26.7 Å². The number of terminal acetylenes is 1. The molecule has 0 radical (unpaired) electrons. The molecule has 1 fully saturated rings. The summed E-state index contributed by atoms with van der Waals surface area (Å²) in [6, 6.07) is 0. The summed E-state index contributed by atoms with van der Waals surface area (Å²) in [4.78, 5) is 14.4. The van der Waals surface area contributed by atoms with Crippen molar-refractivity contribution in [1.82, 2.24) is 10.2 Å². The highest BCUT2D eigenvalue weighted by Gasteiger charge is 2.36. The summed E-state index contributed by atoms with van der Waals surface area (Å²) >= 11 is 0. The molecule has 0 spiro atoms. The van der Waals surface area contributed by atoms with Crippen LogP contribution in [0.3, 0.4) is 0 Å². The van der Waals surface area contributed by atoms with Gasteiger partial charge < -0.3 is 9.74 Å². The Bertz CT molecular complexity index is 402. The minimum atomic E-state index is -1.71. The predicted molar refractivity (Wildman–Crippen MR) is 94.2 cm³/mol. The number of rotatable bonds is 6. The summed E-state index contributed by atoms with van der Waals surface area (Å²) in [5, 5.41) is 3.23. The molecule has 1 N–H and O–H groups in total. The second-order valence-corrected chi connectivity index (χ2v) is 12.5. The highest BCUT2D eigenvalue weighted by molar-refractivity contribution is 6.74. The molecule has 1 rings (SSSR count). The van der Waals surface area contributed by atoms with E-state index in [9.17, 15) is 4.79 Å². The number of carbonyl (C=O) groups excluding carboxylic acids is 1. The van der Waals surface area contributed by atoms with Crippen molar-refractivity contribution in [3.05, 3.63) is 0 Å². The summed E-state index contributed by atoms with van der Waals surface area (Å²) in [5.74, 6) is 2.95. The Balaban J connectivity index is 2.24. The van der Waals surface area contributed by atoms with Gasteiger partial charge in [0.1, 0.15) is 0 Å². The summed E-state index contributed by atoms with van der Waals surface area (Å²) in [6.07, 6.45) is 7.12.